The Bertz CT molecular complexity index is 1260. The van der Waals surface area contributed by atoms with Crippen LogP contribution in [0.5, 0.6) is 0 Å². The summed E-state index contributed by atoms with van der Waals surface area (Å²) in [5.74, 6) is 0.234. The number of thiophene rings is 1. The lowest BCUT2D eigenvalue weighted by molar-refractivity contribution is -0.119. The first-order valence-corrected chi connectivity index (χ1v) is 14.8. The van der Waals surface area contributed by atoms with Crippen LogP contribution in [0, 0.1) is 5.92 Å². The molecule has 1 aromatic heterocycles. The van der Waals surface area contributed by atoms with Crippen molar-refractivity contribution in [3.8, 4) is 0 Å². The number of nitrogens with one attached hydrogen (secondary N) is 3. The summed E-state index contributed by atoms with van der Waals surface area (Å²) in [5.41, 5.74) is 3.00. The van der Waals surface area contributed by atoms with Crippen molar-refractivity contribution < 1.29 is 19.2 Å². The van der Waals surface area contributed by atoms with E-state index in [2.05, 4.69) is 33.0 Å². The second-order valence-corrected chi connectivity index (χ2v) is 11.8. The summed E-state index contributed by atoms with van der Waals surface area (Å²) in [6.45, 7) is 10.1. The lowest BCUT2D eigenvalue weighted by Gasteiger charge is -2.35. The smallest absolute Gasteiger partial charge is 0.330 e. The second kappa shape index (κ2) is 13.2. The van der Waals surface area contributed by atoms with Gasteiger partial charge in [0.05, 0.1) is 0 Å². The minimum absolute atomic E-state index is 0.0212. The predicted octanol–water partition coefficient (Wildman–Crippen LogP) is 5.25. The van der Waals surface area contributed by atoms with Crippen molar-refractivity contribution in [2.24, 2.45) is 5.92 Å². The Kier molecular flexibility index (Phi) is 9.76. The molecular weight excluding hydrogens is 526 g/mol. The fraction of sp³-hybridized carbons (Fsp3) is 0.467. The van der Waals surface area contributed by atoms with Gasteiger partial charge in [0.1, 0.15) is 6.04 Å². The van der Waals surface area contributed by atoms with Crippen LogP contribution >= 0.6 is 11.3 Å². The number of nitrogens with zero attached hydrogens (tertiary/aromatic N) is 2. The van der Waals surface area contributed by atoms with Gasteiger partial charge in [-0.15, -0.1) is 11.3 Å². The molecule has 3 N–H and O–H groups in total. The number of amides is 5. The van der Waals surface area contributed by atoms with Crippen LogP contribution in [0.1, 0.15) is 69.4 Å². The fourth-order valence-corrected chi connectivity index (χ4v) is 6.18. The van der Waals surface area contributed by atoms with Gasteiger partial charge < -0.3 is 20.9 Å². The van der Waals surface area contributed by atoms with Crippen LogP contribution in [-0.2, 0) is 9.59 Å². The number of rotatable bonds is 9. The molecule has 1 saturated heterocycles. The summed E-state index contributed by atoms with van der Waals surface area (Å²) >= 11 is 1.41. The summed E-state index contributed by atoms with van der Waals surface area (Å²) in [6.07, 6.45) is 2.81. The van der Waals surface area contributed by atoms with Crippen LogP contribution in [0.15, 0.2) is 53.0 Å². The maximum atomic E-state index is 13.2. The highest BCUT2D eigenvalue weighted by Gasteiger charge is 2.40. The molecule has 40 heavy (non-hydrogen) atoms. The molecule has 0 spiro atoms. The molecule has 0 saturated carbocycles. The highest BCUT2D eigenvalue weighted by Crippen LogP contribution is 2.36. The van der Waals surface area contributed by atoms with Gasteiger partial charge in [-0.2, -0.15) is 0 Å². The molecule has 2 aliphatic rings. The van der Waals surface area contributed by atoms with Crippen LogP contribution in [0.25, 0.3) is 0 Å². The minimum atomic E-state index is -0.734. The molecule has 0 radical (unpaired) electrons. The van der Waals surface area contributed by atoms with E-state index >= 15 is 0 Å². The molecule has 1 unspecified atom stereocenters. The number of allylic oxidation sites excluding steroid dienone is 1. The predicted molar refractivity (Wildman–Crippen MR) is 157 cm³/mol. The first-order chi connectivity index (χ1) is 19.2. The van der Waals surface area contributed by atoms with Crippen molar-refractivity contribution in [2.75, 3.05) is 31.5 Å². The third kappa shape index (κ3) is 6.98. The third-order valence-corrected chi connectivity index (χ3v) is 8.45. The first-order valence-electron chi connectivity index (χ1n) is 13.9. The van der Waals surface area contributed by atoms with Crippen LogP contribution in [0.2, 0.25) is 0 Å². The first kappa shape index (κ1) is 29.5. The molecular formula is C30H39N5O4S. The highest BCUT2D eigenvalue weighted by molar-refractivity contribution is 7.10. The van der Waals surface area contributed by atoms with E-state index in [1.54, 1.807) is 6.92 Å². The van der Waals surface area contributed by atoms with Crippen molar-refractivity contribution in [2.45, 2.75) is 58.9 Å². The van der Waals surface area contributed by atoms with Crippen molar-refractivity contribution in [3.05, 3.63) is 63.5 Å². The largest absolute Gasteiger partial charge is 0.337 e. The molecule has 214 valence electrons. The summed E-state index contributed by atoms with van der Waals surface area (Å²) < 4.78 is 0. The Morgan fingerprint density at radius 3 is 2.52 bits per heavy atom. The van der Waals surface area contributed by atoms with Crippen LogP contribution in [0.3, 0.4) is 0 Å². The van der Waals surface area contributed by atoms with Crippen molar-refractivity contribution in [1.82, 2.24) is 20.4 Å². The van der Waals surface area contributed by atoms with E-state index < -0.39 is 18.1 Å². The van der Waals surface area contributed by atoms with E-state index in [4.69, 9.17) is 0 Å². The van der Waals surface area contributed by atoms with Gasteiger partial charge in [-0.1, -0.05) is 32.0 Å². The number of hydrogen-bond acceptors (Lipinski definition) is 6. The molecule has 10 heteroatoms. The normalized spacial score (nSPS) is 18.6. The molecule has 1 atom stereocenters. The molecule has 3 heterocycles. The van der Waals surface area contributed by atoms with Crippen molar-refractivity contribution >= 4 is 40.8 Å². The Labute approximate surface area is 240 Å². The molecule has 1 fully saturated rings. The molecule has 1 aromatic carbocycles. The summed E-state index contributed by atoms with van der Waals surface area (Å²) in [6, 6.07) is 10.1. The fourth-order valence-electron chi connectivity index (χ4n) is 5.35. The lowest BCUT2D eigenvalue weighted by Crippen LogP contribution is -2.54. The monoisotopic (exact) mass is 565 g/mol. The van der Waals surface area contributed by atoms with Gasteiger partial charge in [0.25, 0.3) is 0 Å². The number of benzene rings is 1. The molecule has 4 rings (SSSR count). The number of imide groups is 1. The number of anilines is 1. The summed E-state index contributed by atoms with van der Waals surface area (Å²) in [7, 11) is 0. The van der Waals surface area contributed by atoms with Crippen molar-refractivity contribution in [1.29, 1.82) is 0 Å². The number of carbonyl (C=O) groups excluding carboxylic acids is 4. The minimum Gasteiger partial charge on any atom is -0.337 e. The number of ketones is 1. The topological polar surface area (TPSA) is 111 Å². The molecule has 0 bridgehead atoms. The number of likely N-dealkylation sites (tertiary alicyclic amines) is 1. The van der Waals surface area contributed by atoms with Gasteiger partial charge in [0, 0.05) is 34.3 Å². The average molecular weight is 566 g/mol. The van der Waals surface area contributed by atoms with Crippen LogP contribution < -0.4 is 16.0 Å². The third-order valence-electron chi connectivity index (χ3n) is 7.52. The Morgan fingerprint density at radius 1 is 1.12 bits per heavy atom. The van der Waals surface area contributed by atoms with Gasteiger partial charge in [0.2, 0.25) is 5.91 Å². The molecule has 2 aromatic rings. The lowest BCUT2D eigenvalue weighted by atomic mass is 9.89. The van der Waals surface area contributed by atoms with Crippen molar-refractivity contribution in [3.63, 3.8) is 0 Å². The maximum Gasteiger partial charge on any atom is 0.330 e. The second-order valence-electron chi connectivity index (χ2n) is 10.8. The Balaban J connectivity index is 1.26. The summed E-state index contributed by atoms with van der Waals surface area (Å²) in [5, 5.41) is 10.4. The Hall–Kier alpha value is -3.50. The maximum absolute atomic E-state index is 13.2. The molecule has 2 aliphatic heterocycles. The Morgan fingerprint density at radius 2 is 1.88 bits per heavy atom. The highest BCUT2D eigenvalue weighted by atomic mass is 32.1. The van der Waals surface area contributed by atoms with Gasteiger partial charge in [-0.3, -0.25) is 9.59 Å². The van der Waals surface area contributed by atoms with E-state index in [0.717, 1.165) is 54.4 Å². The van der Waals surface area contributed by atoms with E-state index in [1.165, 1.54) is 23.8 Å². The number of carbonyl (C=O) groups is 4. The SMILES string of the molecule is CC(=O)C1=C(C)NC(=O)N(C(=O)NCCCN2CCC(c3cccc(NC(=O)C(C)C)c3)CC2)C1c1cccs1. The zero-order chi connectivity index (χ0) is 28.8. The number of urea groups is 2. The van der Waals surface area contributed by atoms with E-state index in [-0.39, 0.29) is 17.6 Å². The van der Waals surface area contributed by atoms with Gasteiger partial charge in [-0.05, 0) is 87.8 Å². The van der Waals surface area contributed by atoms with E-state index in [9.17, 15) is 19.2 Å². The van der Waals surface area contributed by atoms with Gasteiger partial charge in [0.15, 0.2) is 5.78 Å². The van der Waals surface area contributed by atoms with E-state index in [1.807, 2.05) is 43.5 Å². The molecule has 5 amide bonds. The number of hydrogen-bond donors (Lipinski definition) is 3. The molecule has 0 aliphatic carbocycles. The van der Waals surface area contributed by atoms with Crippen LogP contribution in [-0.4, -0.2) is 59.7 Å². The summed E-state index contributed by atoms with van der Waals surface area (Å²) in [4.78, 5) is 54.8. The van der Waals surface area contributed by atoms with Gasteiger partial charge >= 0.3 is 12.1 Å². The van der Waals surface area contributed by atoms with Gasteiger partial charge in [-0.25, -0.2) is 14.5 Å². The standard InChI is InChI=1S/C30H39N5O4S/c1-19(2)28(37)33-24-9-5-8-23(18-24)22-11-15-34(16-12-22)14-7-13-31-29(38)35-27(25-10-6-17-40-25)26(21(4)36)20(3)32-30(35)39/h5-6,8-10,17-19,22,27H,7,11-16H2,1-4H3,(H,31,38)(H,32,39)(H,33,37). The number of piperidine rings is 1. The molecule has 9 nitrogen and oxygen atoms in total. The zero-order valence-electron chi connectivity index (χ0n) is 23.7. The van der Waals surface area contributed by atoms with E-state index in [0.29, 0.717) is 23.7 Å². The van der Waals surface area contributed by atoms with Crippen LogP contribution in [0.4, 0.5) is 15.3 Å². The number of Topliss-reactive ketones (excluding diaryl/α,β-unsaturated/α-hetero) is 1. The average Bonchev–Trinajstić information content (AvgIpc) is 3.45. The quantitative estimate of drug-likeness (QED) is 0.360. The zero-order valence-corrected chi connectivity index (χ0v) is 24.5.